The lowest BCUT2D eigenvalue weighted by Gasteiger charge is -2.49. The van der Waals surface area contributed by atoms with Gasteiger partial charge in [0.2, 0.25) is 5.91 Å². The van der Waals surface area contributed by atoms with Crippen molar-refractivity contribution >= 4 is 38.4 Å². The van der Waals surface area contributed by atoms with E-state index in [0.29, 0.717) is 6.61 Å². The van der Waals surface area contributed by atoms with Gasteiger partial charge in [0, 0.05) is 80.5 Å². The molecule has 2 atom stereocenters. The van der Waals surface area contributed by atoms with Crippen molar-refractivity contribution in [2.75, 3.05) is 59.0 Å². The van der Waals surface area contributed by atoms with E-state index >= 15 is 0 Å². The summed E-state index contributed by atoms with van der Waals surface area (Å²) in [5.41, 5.74) is 2.90. The first-order chi connectivity index (χ1) is 20.0. The van der Waals surface area contributed by atoms with Crippen LogP contribution >= 0.6 is 11.3 Å². The van der Waals surface area contributed by atoms with Crippen LogP contribution < -0.4 is 0 Å². The Balaban J connectivity index is 1.15. The highest BCUT2D eigenvalue weighted by atomic mass is 32.1. The van der Waals surface area contributed by atoms with E-state index in [1.807, 2.05) is 12.4 Å². The second-order valence-corrected chi connectivity index (χ2v) is 13.1. The average Bonchev–Trinajstić information content (AvgIpc) is 3.78. The van der Waals surface area contributed by atoms with Gasteiger partial charge in [-0.15, -0.1) is 11.3 Å². The first-order valence-corrected chi connectivity index (χ1v) is 15.7. The van der Waals surface area contributed by atoms with Crippen molar-refractivity contribution in [1.82, 2.24) is 34.6 Å². The van der Waals surface area contributed by atoms with Crippen LogP contribution in [-0.2, 0) is 9.53 Å². The summed E-state index contributed by atoms with van der Waals surface area (Å²) in [5, 5.41) is 1.23. The molecule has 10 heteroatoms. The predicted molar refractivity (Wildman–Crippen MR) is 162 cm³/mol. The van der Waals surface area contributed by atoms with Crippen LogP contribution in [0, 0.1) is 0 Å². The van der Waals surface area contributed by atoms with Crippen LogP contribution in [0.4, 0.5) is 0 Å². The largest absolute Gasteiger partial charge is 0.371 e. The normalized spacial score (nSPS) is 22.6. The lowest BCUT2D eigenvalue weighted by atomic mass is 9.99. The smallest absolute Gasteiger partial charge is 0.242 e. The summed E-state index contributed by atoms with van der Waals surface area (Å²) >= 11 is 1.79. The van der Waals surface area contributed by atoms with Crippen LogP contribution in [-0.4, -0.2) is 105 Å². The van der Waals surface area contributed by atoms with Crippen LogP contribution in [0.2, 0.25) is 0 Å². The summed E-state index contributed by atoms with van der Waals surface area (Å²) in [7, 11) is 0. The average molecular weight is 574 g/mol. The second-order valence-electron chi connectivity index (χ2n) is 12.0. The molecule has 0 aliphatic carbocycles. The van der Waals surface area contributed by atoms with Gasteiger partial charge in [0.1, 0.15) is 6.33 Å². The first-order valence-electron chi connectivity index (χ1n) is 14.9. The van der Waals surface area contributed by atoms with Gasteiger partial charge in [0.15, 0.2) is 0 Å². The van der Waals surface area contributed by atoms with E-state index in [0.717, 1.165) is 80.9 Å². The number of ether oxygens (including phenoxy) is 1. The number of carbonyl (C=O) groups is 1. The molecule has 0 spiro atoms. The SMILES string of the molecule is CC(C)(C(=O)N1CCCC1)N1CCN(C(c2cc3ncncc3s2)N2CCOC(c3cccc4[nH]ccc34)C2)CC1. The third-order valence-corrected chi connectivity index (χ3v) is 10.4. The van der Waals surface area contributed by atoms with E-state index in [9.17, 15) is 4.79 Å². The topological polar surface area (TPSA) is 80.8 Å². The summed E-state index contributed by atoms with van der Waals surface area (Å²) in [5.74, 6) is 0.276. The Morgan fingerprint density at radius 3 is 2.71 bits per heavy atom. The summed E-state index contributed by atoms with van der Waals surface area (Å²) in [6, 6.07) is 10.8. The summed E-state index contributed by atoms with van der Waals surface area (Å²) < 4.78 is 7.51. The lowest BCUT2D eigenvalue weighted by Crippen LogP contribution is -2.62. The minimum atomic E-state index is -0.488. The molecule has 2 unspecified atom stereocenters. The molecule has 1 aromatic carbocycles. The Bertz CT molecular complexity index is 1490. The van der Waals surface area contributed by atoms with Crippen LogP contribution in [0.1, 0.15) is 49.4 Å². The van der Waals surface area contributed by atoms with Crippen molar-refractivity contribution in [3.05, 3.63) is 59.5 Å². The monoisotopic (exact) mass is 573 g/mol. The third kappa shape index (κ3) is 5.06. The quantitative estimate of drug-likeness (QED) is 0.369. The van der Waals surface area contributed by atoms with Crippen LogP contribution in [0.15, 0.2) is 49.1 Å². The van der Waals surface area contributed by atoms with Crippen LogP contribution in [0.5, 0.6) is 0 Å². The van der Waals surface area contributed by atoms with Crippen molar-refractivity contribution in [3.63, 3.8) is 0 Å². The van der Waals surface area contributed by atoms with E-state index in [2.05, 4.69) is 78.7 Å². The number of aromatic amines is 1. The number of rotatable bonds is 6. The predicted octanol–water partition coefficient (Wildman–Crippen LogP) is 4.26. The maximum absolute atomic E-state index is 13.4. The molecule has 3 fully saturated rings. The lowest BCUT2D eigenvalue weighted by molar-refractivity contribution is -0.144. The number of likely N-dealkylation sites (tertiary alicyclic amines) is 1. The zero-order valence-corrected chi connectivity index (χ0v) is 24.8. The number of nitrogens with zero attached hydrogens (tertiary/aromatic N) is 6. The van der Waals surface area contributed by atoms with Gasteiger partial charge in [-0.25, -0.2) is 9.97 Å². The number of carbonyl (C=O) groups excluding carboxylic acids is 1. The summed E-state index contributed by atoms with van der Waals surface area (Å²) in [4.78, 5) is 36.5. The number of hydrogen-bond donors (Lipinski definition) is 1. The molecule has 1 amide bonds. The van der Waals surface area contributed by atoms with Gasteiger partial charge < -0.3 is 14.6 Å². The van der Waals surface area contributed by atoms with Gasteiger partial charge in [-0.05, 0) is 50.5 Å². The maximum atomic E-state index is 13.4. The summed E-state index contributed by atoms with van der Waals surface area (Å²) in [6.07, 6.45) is 7.92. The standard InChI is InChI=1S/C31H39N7O2S/c1-31(2,30(39)36-10-3-4-11-36)38-14-12-35(13-15-38)29(27-18-25-28(41-27)19-32-21-34-25)37-16-17-40-26(20-37)23-6-5-7-24-22(23)8-9-33-24/h5-9,18-19,21,26,29,33H,3-4,10-17,20H2,1-2H3. The van der Waals surface area contributed by atoms with E-state index in [-0.39, 0.29) is 18.2 Å². The number of nitrogens with one attached hydrogen (secondary N) is 1. The number of fused-ring (bicyclic) bond motifs is 2. The Morgan fingerprint density at radius 1 is 1.07 bits per heavy atom. The Hall–Kier alpha value is -2.89. The second kappa shape index (κ2) is 11.1. The number of H-pyrrole nitrogens is 1. The molecule has 3 saturated heterocycles. The maximum Gasteiger partial charge on any atom is 0.242 e. The molecule has 1 N–H and O–H groups in total. The van der Waals surface area contributed by atoms with E-state index in [1.54, 1.807) is 17.7 Å². The molecule has 0 bridgehead atoms. The molecular formula is C31H39N7O2S. The van der Waals surface area contributed by atoms with Crippen molar-refractivity contribution in [2.24, 2.45) is 0 Å². The van der Waals surface area contributed by atoms with Gasteiger partial charge in [0.05, 0.1) is 34.6 Å². The fourth-order valence-corrected chi connectivity index (χ4v) is 8.12. The fourth-order valence-electron chi connectivity index (χ4n) is 6.96. The van der Waals surface area contributed by atoms with Crippen LogP contribution in [0.25, 0.3) is 21.1 Å². The number of thiophene rings is 1. The molecule has 0 radical (unpaired) electrons. The molecule has 6 heterocycles. The Labute approximate surface area is 245 Å². The summed E-state index contributed by atoms with van der Waals surface area (Å²) in [6.45, 7) is 11.9. The molecular weight excluding hydrogens is 534 g/mol. The molecule has 4 aromatic rings. The van der Waals surface area contributed by atoms with Crippen molar-refractivity contribution in [3.8, 4) is 0 Å². The minimum absolute atomic E-state index is 0.00164. The highest BCUT2D eigenvalue weighted by Crippen LogP contribution is 2.38. The van der Waals surface area contributed by atoms with Gasteiger partial charge in [-0.1, -0.05) is 12.1 Å². The number of amides is 1. The number of aromatic nitrogens is 3. The molecule has 3 aromatic heterocycles. The van der Waals surface area contributed by atoms with E-state index in [1.165, 1.54) is 15.8 Å². The highest BCUT2D eigenvalue weighted by molar-refractivity contribution is 7.19. The highest BCUT2D eigenvalue weighted by Gasteiger charge is 2.42. The zero-order chi connectivity index (χ0) is 28.0. The number of piperazine rings is 1. The number of morpholine rings is 1. The molecule has 3 aliphatic heterocycles. The molecule has 216 valence electrons. The van der Waals surface area contributed by atoms with Crippen molar-refractivity contribution < 1.29 is 9.53 Å². The number of hydrogen-bond acceptors (Lipinski definition) is 8. The fraction of sp³-hybridized carbons (Fsp3) is 0.516. The third-order valence-electron chi connectivity index (χ3n) is 9.26. The van der Waals surface area contributed by atoms with Gasteiger partial charge in [-0.3, -0.25) is 19.5 Å². The van der Waals surface area contributed by atoms with E-state index in [4.69, 9.17) is 4.74 Å². The van der Waals surface area contributed by atoms with Gasteiger partial charge in [0.25, 0.3) is 0 Å². The zero-order valence-electron chi connectivity index (χ0n) is 24.0. The number of benzene rings is 1. The minimum Gasteiger partial charge on any atom is -0.371 e. The van der Waals surface area contributed by atoms with Gasteiger partial charge in [-0.2, -0.15) is 0 Å². The molecule has 7 rings (SSSR count). The molecule has 0 saturated carbocycles. The van der Waals surface area contributed by atoms with E-state index < -0.39 is 5.54 Å². The van der Waals surface area contributed by atoms with Crippen molar-refractivity contribution in [1.29, 1.82) is 0 Å². The Kier molecular flexibility index (Phi) is 7.28. The molecule has 3 aliphatic rings. The molecule has 9 nitrogen and oxygen atoms in total. The van der Waals surface area contributed by atoms with Crippen molar-refractivity contribution in [2.45, 2.75) is 44.5 Å². The van der Waals surface area contributed by atoms with Gasteiger partial charge >= 0.3 is 0 Å². The molecule has 41 heavy (non-hydrogen) atoms. The Morgan fingerprint density at radius 2 is 1.90 bits per heavy atom. The first kappa shape index (κ1) is 27.0. The van der Waals surface area contributed by atoms with Crippen LogP contribution in [0.3, 0.4) is 0 Å².